The first-order valence-corrected chi connectivity index (χ1v) is 12.3. The van der Waals surface area contributed by atoms with Gasteiger partial charge in [0, 0.05) is 16.8 Å². The molecule has 0 radical (unpaired) electrons. The van der Waals surface area contributed by atoms with Crippen molar-refractivity contribution in [2.45, 2.75) is 43.7 Å². The Morgan fingerprint density at radius 1 is 1.34 bits per heavy atom. The smallest absolute Gasteiger partial charge is 0.293 e. The SMILES string of the molecule is Cc1ccc(C(=O)CSc2nc(=O)n([C@H]3CCS(=O)(=O)C3)c3c2CCC3)cc1F. The summed E-state index contributed by atoms with van der Waals surface area (Å²) in [6, 6.07) is 4.04. The number of nitrogens with zero attached hydrogens (tertiary/aromatic N) is 2. The minimum absolute atomic E-state index is 0.0228. The van der Waals surface area contributed by atoms with E-state index in [1.54, 1.807) is 23.6 Å². The third kappa shape index (κ3) is 4.02. The van der Waals surface area contributed by atoms with E-state index in [2.05, 4.69) is 4.98 Å². The molecule has 0 N–H and O–H groups in total. The van der Waals surface area contributed by atoms with Crippen LogP contribution >= 0.6 is 11.8 Å². The van der Waals surface area contributed by atoms with Gasteiger partial charge in [0.25, 0.3) is 0 Å². The first-order chi connectivity index (χ1) is 13.7. The lowest BCUT2D eigenvalue weighted by Crippen LogP contribution is -2.31. The summed E-state index contributed by atoms with van der Waals surface area (Å²) >= 11 is 1.19. The molecule has 154 valence electrons. The molecule has 2 aromatic rings. The zero-order valence-corrected chi connectivity index (χ0v) is 17.6. The average molecular weight is 437 g/mol. The molecule has 0 unspecified atom stereocenters. The summed E-state index contributed by atoms with van der Waals surface area (Å²) < 4.78 is 39.0. The van der Waals surface area contributed by atoms with Gasteiger partial charge in [-0.3, -0.25) is 9.36 Å². The quantitative estimate of drug-likeness (QED) is 0.407. The van der Waals surface area contributed by atoms with Gasteiger partial charge in [0.2, 0.25) is 0 Å². The van der Waals surface area contributed by atoms with Crippen molar-refractivity contribution in [2.75, 3.05) is 17.3 Å². The molecule has 29 heavy (non-hydrogen) atoms. The molecular formula is C20H21FN2O4S2. The minimum Gasteiger partial charge on any atom is -0.293 e. The third-order valence-electron chi connectivity index (χ3n) is 5.55. The molecule has 1 aliphatic heterocycles. The van der Waals surface area contributed by atoms with Crippen LogP contribution in [0.25, 0.3) is 0 Å². The molecule has 0 spiro atoms. The van der Waals surface area contributed by atoms with Gasteiger partial charge in [-0.1, -0.05) is 23.9 Å². The number of thioether (sulfide) groups is 1. The van der Waals surface area contributed by atoms with Crippen LogP contribution in [-0.4, -0.2) is 41.0 Å². The van der Waals surface area contributed by atoms with E-state index in [-0.39, 0.29) is 29.1 Å². The van der Waals surface area contributed by atoms with Crippen molar-refractivity contribution in [2.24, 2.45) is 0 Å². The number of aromatic nitrogens is 2. The van der Waals surface area contributed by atoms with Gasteiger partial charge < -0.3 is 0 Å². The van der Waals surface area contributed by atoms with Crippen molar-refractivity contribution in [3.63, 3.8) is 0 Å². The number of sulfone groups is 1. The van der Waals surface area contributed by atoms with Crippen LogP contribution in [0.4, 0.5) is 4.39 Å². The lowest BCUT2D eigenvalue weighted by Gasteiger charge is -2.18. The number of ketones is 1. The zero-order chi connectivity index (χ0) is 20.8. The normalized spacial score (nSPS) is 20.0. The molecule has 6 nitrogen and oxygen atoms in total. The van der Waals surface area contributed by atoms with Crippen molar-refractivity contribution in [3.8, 4) is 0 Å². The highest BCUT2D eigenvalue weighted by molar-refractivity contribution is 8.00. The Morgan fingerprint density at radius 3 is 2.83 bits per heavy atom. The van der Waals surface area contributed by atoms with Gasteiger partial charge in [-0.25, -0.2) is 17.6 Å². The molecule has 2 aliphatic rings. The first-order valence-electron chi connectivity index (χ1n) is 9.52. The fourth-order valence-electron chi connectivity index (χ4n) is 4.01. The van der Waals surface area contributed by atoms with Gasteiger partial charge in [0.05, 0.1) is 23.3 Å². The van der Waals surface area contributed by atoms with Crippen LogP contribution in [-0.2, 0) is 22.7 Å². The molecule has 0 saturated carbocycles. The Morgan fingerprint density at radius 2 is 2.14 bits per heavy atom. The number of benzene rings is 1. The van der Waals surface area contributed by atoms with Crippen LogP contribution in [0.2, 0.25) is 0 Å². The van der Waals surface area contributed by atoms with Crippen LogP contribution < -0.4 is 5.69 Å². The first kappa shape index (κ1) is 20.3. The topological polar surface area (TPSA) is 86.1 Å². The molecule has 1 aliphatic carbocycles. The predicted octanol–water partition coefficient (Wildman–Crippen LogP) is 2.51. The molecule has 0 bridgehead atoms. The van der Waals surface area contributed by atoms with Gasteiger partial charge in [-0.05, 0) is 44.2 Å². The molecule has 1 fully saturated rings. The summed E-state index contributed by atoms with van der Waals surface area (Å²) in [5, 5.41) is 0.528. The summed E-state index contributed by atoms with van der Waals surface area (Å²) in [6.45, 7) is 1.64. The van der Waals surface area contributed by atoms with Crippen molar-refractivity contribution >= 4 is 27.4 Å². The molecule has 1 atom stereocenters. The largest absolute Gasteiger partial charge is 0.349 e. The highest BCUT2D eigenvalue weighted by Crippen LogP contribution is 2.33. The second kappa shape index (κ2) is 7.68. The molecular weight excluding hydrogens is 415 g/mol. The van der Waals surface area contributed by atoms with Gasteiger partial charge in [0.1, 0.15) is 10.8 Å². The zero-order valence-electron chi connectivity index (χ0n) is 16.0. The monoisotopic (exact) mass is 436 g/mol. The van der Waals surface area contributed by atoms with Gasteiger partial charge in [-0.15, -0.1) is 0 Å². The Hall–Kier alpha value is -2.00. The van der Waals surface area contributed by atoms with E-state index < -0.39 is 21.3 Å². The van der Waals surface area contributed by atoms with Crippen molar-refractivity contribution in [3.05, 3.63) is 56.9 Å². The number of hydrogen-bond acceptors (Lipinski definition) is 6. The molecule has 2 heterocycles. The maximum atomic E-state index is 13.7. The van der Waals surface area contributed by atoms with E-state index in [9.17, 15) is 22.4 Å². The van der Waals surface area contributed by atoms with Crippen LogP contribution in [0.3, 0.4) is 0 Å². The number of fused-ring (bicyclic) bond motifs is 1. The van der Waals surface area contributed by atoms with Crippen LogP contribution in [0.1, 0.15) is 46.1 Å². The predicted molar refractivity (Wildman–Crippen MR) is 109 cm³/mol. The molecule has 1 aromatic heterocycles. The fraction of sp³-hybridized carbons (Fsp3) is 0.450. The Kier molecular flexibility index (Phi) is 5.37. The Bertz CT molecular complexity index is 1160. The highest BCUT2D eigenvalue weighted by Gasteiger charge is 2.33. The molecule has 1 aromatic carbocycles. The fourth-order valence-corrected chi connectivity index (χ4v) is 6.68. The molecule has 1 saturated heterocycles. The summed E-state index contributed by atoms with van der Waals surface area (Å²) in [4.78, 5) is 29.3. The number of Topliss-reactive ketones (excluding diaryl/α,β-unsaturated/α-hetero) is 1. The standard InChI is InChI=1S/C20H21FN2O4S2/c1-12-5-6-13(9-16(12)21)18(24)10-28-19-15-3-2-4-17(15)23(20(25)22-19)14-7-8-29(26,27)11-14/h5-6,9,14H,2-4,7-8,10-11H2,1H3/t14-/m0/s1. The second-order valence-electron chi connectivity index (χ2n) is 7.58. The second-order valence-corrected chi connectivity index (χ2v) is 10.8. The van der Waals surface area contributed by atoms with E-state index in [0.29, 0.717) is 29.0 Å². The summed E-state index contributed by atoms with van der Waals surface area (Å²) in [5.41, 5.74) is 2.10. The maximum Gasteiger partial charge on any atom is 0.349 e. The van der Waals surface area contributed by atoms with Crippen LogP contribution in [0.15, 0.2) is 28.0 Å². The van der Waals surface area contributed by atoms with Crippen molar-refractivity contribution in [1.82, 2.24) is 9.55 Å². The molecule has 9 heteroatoms. The van der Waals surface area contributed by atoms with Crippen LogP contribution in [0.5, 0.6) is 0 Å². The molecule has 4 rings (SSSR count). The number of hydrogen-bond donors (Lipinski definition) is 0. The molecule has 0 amide bonds. The van der Waals surface area contributed by atoms with Gasteiger partial charge in [0.15, 0.2) is 15.6 Å². The number of rotatable bonds is 5. The van der Waals surface area contributed by atoms with E-state index in [1.165, 1.54) is 17.8 Å². The maximum absolute atomic E-state index is 13.7. The Balaban J connectivity index is 1.58. The van der Waals surface area contributed by atoms with Gasteiger partial charge in [-0.2, -0.15) is 4.98 Å². The lowest BCUT2D eigenvalue weighted by molar-refractivity contribution is 0.102. The van der Waals surface area contributed by atoms with E-state index in [4.69, 9.17) is 0 Å². The summed E-state index contributed by atoms with van der Waals surface area (Å²) in [7, 11) is -3.11. The average Bonchev–Trinajstić information content (AvgIpc) is 3.28. The van der Waals surface area contributed by atoms with E-state index in [1.807, 2.05) is 0 Å². The Labute approximate surface area is 172 Å². The van der Waals surface area contributed by atoms with Crippen molar-refractivity contribution in [1.29, 1.82) is 0 Å². The number of halogens is 1. The van der Waals surface area contributed by atoms with E-state index >= 15 is 0 Å². The van der Waals surface area contributed by atoms with Crippen LogP contribution in [0, 0.1) is 12.7 Å². The number of aryl methyl sites for hydroxylation is 1. The highest BCUT2D eigenvalue weighted by atomic mass is 32.2. The number of carbonyl (C=O) groups excluding carboxylic acids is 1. The van der Waals surface area contributed by atoms with E-state index in [0.717, 1.165) is 24.1 Å². The minimum atomic E-state index is -3.11. The third-order valence-corrected chi connectivity index (χ3v) is 8.32. The summed E-state index contributed by atoms with van der Waals surface area (Å²) in [6.07, 6.45) is 2.75. The van der Waals surface area contributed by atoms with Crippen molar-refractivity contribution < 1.29 is 17.6 Å². The summed E-state index contributed by atoms with van der Waals surface area (Å²) in [5.74, 6) is -0.520. The number of carbonyl (C=O) groups is 1. The van der Waals surface area contributed by atoms with Gasteiger partial charge >= 0.3 is 5.69 Å². The lowest BCUT2D eigenvalue weighted by atomic mass is 10.1.